The van der Waals surface area contributed by atoms with E-state index in [4.69, 9.17) is 31.3 Å². The first-order valence-electron chi connectivity index (χ1n) is 9.07. The van der Waals surface area contributed by atoms with E-state index in [0.29, 0.717) is 28.3 Å². The molecule has 0 saturated heterocycles. The van der Waals surface area contributed by atoms with Crippen molar-refractivity contribution in [1.82, 2.24) is 0 Å². The second-order valence-electron chi connectivity index (χ2n) is 6.43. The Bertz CT molecular complexity index is 1160. The monoisotopic (exact) mass is 439 g/mol. The molecule has 2 N–H and O–H groups in total. The fraction of sp³-hybridized carbons (Fsp3) is 0.0870. The molecule has 3 aromatic carbocycles. The molecule has 3 rings (SSSR count). The molecule has 0 aliphatic rings. The number of carboxylic acids is 2. The summed E-state index contributed by atoms with van der Waals surface area (Å²) in [6.45, 7) is 0.174. The molecule has 0 bridgehead atoms. The number of hydrogen-bond acceptors (Lipinski definition) is 5. The summed E-state index contributed by atoms with van der Waals surface area (Å²) >= 11 is 5.87. The minimum absolute atomic E-state index is 0.0235. The van der Waals surface area contributed by atoms with Crippen LogP contribution in [0.3, 0.4) is 0 Å². The van der Waals surface area contributed by atoms with Crippen molar-refractivity contribution in [3.63, 3.8) is 0 Å². The van der Waals surface area contributed by atoms with E-state index in [-0.39, 0.29) is 22.8 Å². The minimum Gasteiger partial charge on any atom is -0.493 e. The molecule has 0 spiro atoms. The molecule has 0 radical (unpaired) electrons. The largest absolute Gasteiger partial charge is 0.493 e. The molecule has 0 aromatic heterocycles. The normalized spacial score (nSPS) is 10.8. The van der Waals surface area contributed by atoms with Gasteiger partial charge in [0.15, 0.2) is 11.5 Å². The highest BCUT2D eigenvalue weighted by Crippen LogP contribution is 2.29. The second kappa shape index (κ2) is 9.77. The third-order valence-electron chi connectivity index (χ3n) is 4.30. The van der Waals surface area contributed by atoms with Crippen molar-refractivity contribution in [3.8, 4) is 11.5 Å². The Morgan fingerprint density at radius 3 is 2.52 bits per heavy atom. The first kappa shape index (κ1) is 21.9. The van der Waals surface area contributed by atoms with Gasteiger partial charge in [-0.05, 0) is 59.7 Å². The zero-order valence-electron chi connectivity index (χ0n) is 16.4. The van der Waals surface area contributed by atoms with Crippen LogP contribution in [0.25, 0.3) is 0 Å². The Labute approximate surface area is 183 Å². The molecule has 0 aliphatic carbocycles. The molecule has 0 aliphatic heterocycles. The van der Waals surface area contributed by atoms with Gasteiger partial charge in [-0.2, -0.15) is 0 Å². The highest BCUT2D eigenvalue weighted by Gasteiger charge is 2.10. The summed E-state index contributed by atoms with van der Waals surface area (Å²) in [6, 6.07) is 16.2. The average Bonchev–Trinajstić information content (AvgIpc) is 2.77. The van der Waals surface area contributed by atoms with Crippen molar-refractivity contribution in [3.05, 3.63) is 87.9 Å². The summed E-state index contributed by atoms with van der Waals surface area (Å²) in [7, 11) is 1.51. The predicted molar refractivity (Wildman–Crippen MR) is 116 cm³/mol. The van der Waals surface area contributed by atoms with Crippen LogP contribution < -0.4 is 9.47 Å². The van der Waals surface area contributed by atoms with Gasteiger partial charge in [0.25, 0.3) is 0 Å². The van der Waals surface area contributed by atoms with Crippen LogP contribution in [0.5, 0.6) is 11.5 Å². The van der Waals surface area contributed by atoms with Gasteiger partial charge in [-0.15, -0.1) is 0 Å². The van der Waals surface area contributed by atoms with Crippen molar-refractivity contribution in [2.24, 2.45) is 4.99 Å². The fourth-order valence-electron chi connectivity index (χ4n) is 2.75. The van der Waals surface area contributed by atoms with Crippen LogP contribution in [-0.2, 0) is 6.61 Å². The van der Waals surface area contributed by atoms with Crippen LogP contribution in [-0.4, -0.2) is 35.5 Å². The number of carbonyl (C=O) groups is 2. The zero-order chi connectivity index (χ0) is 22.4. The number of benzene rings is 3. The topological polar surface area (TPSA) is 105 Å². The molecular weight excluding hydrogens is 422 g/mol. The third kappa shape index (κ3) is 5.61. The lowest BCUT2D eigenvalue weighted by Crippen LogP contribution is -2.01. The van der Waals surface area contributed by atoms with Gasteiger partial charge in [-0.1, -0.05) is 23.7 Å². The highest BCUT2D eigenvalue weighted by molar-refractivity contribution is 6.33. The van der Waals surface area contributed by atoms with E-state index in [1.54, 1.807) is 48.7 Å². The number of aromatic carboxylic acids is 2. The summed E-state index contributed by atoms with van der Waals surface area (Å²) in [5, 5.41) is 18.4. The van der Waals surface area contributed by atoms with Crippen LogP contribution in [0.1, 0.15) is 31.8 Å². The average molecular weight is 440 g/mol. The number of rotatable bonds is 8. The molecule has 0 fully saturated rings. The minimum atomic E-state index is -1.13. The number of carboxylic acid groups (broad SMARTS) is 2. The Balaban J connectivity index is 1.75. The Hall–Kier alpha value is -3.84. The summed E-state index contributed by atoms with van der Waals surface area (Å²) < 4.78 is 11.2. The van der Waals surface area contributed by atoms with E-state index in [1.165, 1.54) is 25.3 Å². The van der Waals surface area contributed by atoms with E-state index in [1.807, 2.05) is 0 Å². The molecule has 31 heavy (non-hydrogen) atoms. The van der Waals surface area contributed by atoms with Crippen LogP contribution in [0.4, 0.5) is 5.69 Å². The van der Waals surface area contributed by atoms with Crippen molar-refractivity contribution in [2.45, 2.75) is 6.61 Å². The number of hydrogen-bond donors (Lipinski definition) is 2. The molecule has 158 valence electrons. The number of methoxy groups -OCH3 is 1. The van der Waals surface area contributed by atoms with Gasteiger partial charge in [0.1, 0.15) is 6.61 Å². The maximum Gasteiger partial charge on any atom is 0.337 e. The molecule has 0 unspecified atom stereocenters. The summed E-state index contributed by atoms with van der Waals surface area (Å²) in [4.78, 5) is 26.6. The van der Waals surface area contributed by atoms with Gasteiger partial charge in [-0.25, -0.2) is 9.59 Å². The first-order chi connectivity index (χ1) is 14.9. The molecule has 0 heterocycles. The lowest BCUT2D eigenvalue weighted by Gasteiger charge is -2.11. The predicted octanol–water partition coefficient (Wildman–Crippen LogP) is 5.07. The standard InChI is InChI=1S/C23H18ClNO6/c1-30-21-10-14(12-25-17-6-7-19(24)18(11-17)23(28)29)5-8-20(21)31-13-15-3-2-4-16(9-15)22(26)27/h2-12H,13H2,1H3,(H,26,27)(H,28,29). The van der Waals surface area contributed by atoms with Crippen LogP contribution in [0.15, 0.2) is 65.7 Å². The summed E-state index contributed by atoms with van der Waals surface area (Å²) in [5.41, 5.74) is 2.03. The Kier molecular flexibility index (Phi) is 6.89. The lowest BCUT2D eigenvalue weighted by molar-refractivity contribution is 0.0686. The van der Waals surface area contributed by atoms with E-state index in [0.717, 1.165) is 0 Å². The van der Waals surface area contributed by atoms with Crippen LogP contribution in [0.2, 0.25) is 5.02 Å². The Morgan fingerprint density at radius 1 is 1.00 bits per heavy atom. The van der Waals surface area contributed by atoms with Crippen molar-refractivity contribution < 1.29 is 29.3 Å². The molecule has 3 aromatic rings. The Morgan fingerprint density at radius 2 is 1.81 bits per heavy atom. The van der Waals surface area contributed by atoms with Crippen LogP contribution >= 0.6 is 11.6 Å². The quantitative estimate of drug-likeness (QED) is 0.474. The van der Waals surface area contributed by atoms with E-state index in [9.17, 15) is 9.59 Å². The molecule has 0 atom stereocenters. The maximum atomic E-state index is 11.2. The van der Waals surface area contributed by atoms with Gasteiger partial charge in [0, 0.05) is 6.21 Å². The molecular formula is C23H18ClNO6. The first-order valence-corrected chi connectivity index (χ1v) is 9.45. The molecule has 7 nitrogen and oxygen atoms in total. The van der Waals surface area contributed by atoms with Gasteiger partial charge in [0.05, 0.1) is 28.9 Å². The number of aliphatic imine (C=N–C) groups is 1. The van der Waals surface area contributed by atoms with Gasteiger partial charge in [-0.3, -0.25) is 4.99 Å². The van der Waals surface area contributed by atoms with Crippen LogP contribution in [0, 0.1) is 0 Å². The lowest BCUT2D eigenvalue weighted by atomic mass is 10.1. The maximum absolute atomic E-state index is 11.2. The van der Waals surface area contributed by atoms with Gasteiger partial charge < -0.3 is 19.7 Å². The smallest absolute Gasteiger partial charge is 0.337 e. The van der Waals surface area contributed by atoms with Gasteiger partial charge in [0.2, 0.25) is 0 Å². The molecule has 8 heteroatoms. The second-order valence-corrected chi connectivity index (χ2v) is 6.84. The summed E-state index contributed by atoms with van der Waals surface area (Å²) in [6.07, 6.45) is 1.57. The van der Waals surface area contributed by atoms with Gasteiger partial charge >= 0.3 is 11.9 Å². The van der Waals surface area contributed by atoms with Crippen molar-refractivity contribution in [1.29, 1.82) is 0 Å². The fourth-order valence-corrected chi connectivity index (χ4v) is 2.94. The highest BCUT2D eigenvalue weighted by atomic mass is 35.5. The van der Waals surface area contributed by atoms with Crippen molar-refractivity contribution >= 4 is 35.4 Å². The van der Waals surface area contributed by atoms with E-state index >= 15 is 0 Å². The third-order valence-corrected chi connectivity index (χ3v) is 4.63. The zero-order valence-corrected chi connectivity index (χ0v) is 17.2. The SMILES string of the molecule is COc1cc(C=Nc2ccc(Cl)c(C(=O)O)c2)ccc1OCc1cccc(C(=O)O)c1. The number of halogens is 1. The molecule has 0 saturated carbocycles. The molecule has 0 amide bonds. The number of ether oxygens (including phenoxy) is 2. The van der Waals surface area contributed by atoms with E-state index in [2.05, 4.69) is 4.99 Å². The van der Waals surface area contributed by atoms with E-state index < -0.39 is 11.9 Å². The van der Waals surface area contributed by atoms with Crippen molar-refractivity contribution in [2.75, 3.05) is 7.11 Å². The summed E-state index contributed by atoms with van der Waals surface area (Å²) in [5.74, 6) is -1.17. The number of nitrogens with zero attached hydrogens (tertiary/aromatic N) is 1.